The number of rotatable bonds is 6. The fourth-order valence-electron chi connectivity index (χ4n) is 4.15. The molecule has 4 rings (SSSR count). The summed E-state index contributed by atoms with van der Waals surface area (Å²) in [5, 5.41) is 0. The Bertz CT molecular complexity index is 1400. The topological polar surface area (TPSA) is 59.1 Å². The summed E-state index contributed by atoms with van der Waals surface area (Å²) in [7, 11) is 0. The van der Waals surface area contributed by atoms with Crippen LogP contribution in [-0.4, -0.2) is 23.0 Å². The minimum Gasteiger partial charge on any atom is -0.484 e. The maximum Gasteiger partial charge on any atom is 0.321 e. The zero-order valence-corrected chi connectivity index (χ0v) is 23.9. The van der Waals surface area contributed by atoms with E-state index in [0.29, 0.717) is 34.2 Å². The number of carbonyl (C=O) groups is 2. The molecule has 0 bridgehead atoms. The fraction of sp³-hybridized carbons (Fsp3) is 0.235. The van der Waals surface area contributed by atoms with Crippen LogP contribution in [0.5, 0.6) is 11.5 Å². The maximum atomic E-state index is 14.2. The molecule has 0 aromatic heterocycles. The lowest BCUT2D eigenvalue weighted by atomic mass is 10.1. The highest BCUT2D eigenvalue weighted by Crippen LogP contribution is 2.39. The predicted molar refractivity (Wildman–Crippen MR) is 161 cm³/mol. The number of amides is 2. The Kier molecular flexibility index (Phi) is 8.29. The zero-order chi connectivity index (χ0) is 28.9. The molecule has 0 N–H and O–H groups in total. The monoisotopic (exact) mass is 536 g/mol. The Hall–Kier alpha value is -4.58. The third kappa shape index (κ3) is 7.08. The zero-order valence-electron chi connectivity index (χ0n) is 23.9. The first kappa shape index (κ1) is 28.4. The van der Waals surface area contributed by atoms with Crippen LogP contribution in [-0.2, 0) is 9.59 Å². The van der Waals surface area contributed by atoms with Crippen LogP contribution >= 0.6 is 0 Å². The van der Waals surface area contributed by atoms with Crippen molar-refractivity contribution in [2.24, 2.45) is 0 Å². The van der Waals surface area contributed by atoms with Gasteiger partial charge in [0.05, 0.1) is 5.69 Å². The lowest BCUT2D eigenvalue weighted by Gasteiger charge is -2.30. The third-order valence-corrected chi connectivity index (χ3v) is 5.65. The lowest BCUT2D eigenvalue weighted by molar-refractivity contribution is -0.135. The molecular weight excluding hydrogens is 500 g/mol. The summed E-state index contributed by atoms with van der Waals surface area (Å²) < 4.78 is 12.5. The number of anilines is 4. The molecule has 0 unspecified atom stereocenters. The van der Waals surface area contributed by atoms with E-state index in [9.17, 15) is 9.59 Å². The molecule has 0 atom stereocenters. The average molecular weight is 537 g/mol. The van der Waals surface area contributed by atoms with Gasteiger partial charge < -0.3 is 9.47 Å². The van der Waals surface area contributed by atoms with Gasteiger partial charge in [0.2, 0.25) is 0 Å². The highest BCUT2D eigenvalue weighted by atomic mass is 16.5. The van der Waals surface area contributed by atoms with E-state index in [0.717, 1.165) is 0 Å². The van der Waals surface area contributed by atoms with Crippen LogP contribution in [0.2, 0.25) is 0 Å². The minimum absolute atomic E-state index is 0.464. The predicted octanol–water partition coefficient (Wildman–Crippen LogP) is 8.07. The maximum absolute atomic E-state index is 14.2. The van der Waals surface area contributed by atoms with E-state index < -0.39 is 23.0 Å². The Labute approximate surface area is 236 Å². The highest BCUT2D eigenvalue weighted by molar-refractivity contribution is 6.47. The van der Waals surface area contributed by atoms with Gasteiger partial charge in [0.15, 0.2) is 11.5 Å². The van der Waals surface area contributed by atoms with Gasteiger partial charge in [-0.1, -0.05) is 54.6 Å². The first-order valence-electron chi connectivity index (χ1n) is 13.3. The second kappa shape index (κ2) is 11.7. The molecule has 0 radical (unpaired) electrons. The standard InChI is InChI=1S/C34H36N2O4/c1-33(2,3)39-29-23-22-28(24-30(29)40-34(4,5)6)36(27-20-14-9-15-21-27)32(38)31(37)35(25-16-10-7-11-17-25)26-18-12-8-13-19-26/h7-24H,1-6H3. The third-order valence-electron chi connectivity index (χ3n) is 5.65. The molecule has 0 fully saturated rings. The van der Waals surface area contributed by atoms with E-state index in [1.54, 1.807) is 54.6 Å². The van der Waals surface area contributed by atoms with E-state index >= 15 is 0 Å². The Balaban J connectivity index is 1.83. The van der Waals surface area contributed by atoms with Gasteiger partial charge in [-0.05, 0) is 90.1 Å². The van der Waals surface area contributed by atoms with Crippen LogP contribution < -0.4 is 19.3 Å². The minimum atomic E-state index is -0.717. The summed E-state index contributed by atoms with van der Waals surface area (Å²) in [5.74, 6) is -0.392. The molecule has 0 saturated heterocycles. The normalized spacial score (nSPS) is 11.4. The van der Waals surface area contributed by atoms with Gasteiger partial charge in [-0.3, -0.25) is 19.4 Å². The summed E-state index contributed by atoms with van der Waals surface area (Å²) in [6.07, 6.45) is 0. The van der Waals surface area contributed by atoms with Crippen molar-refractivity contribution >= 4 is 34.6 Å². The molecule has 4 aromatic carbocycles. The van der Waals surface area contributed by atoms with Crippen LogP contribution in [0.4, 0.5) is 22.7 Å². The molecule has 6 nitrogen and oxygen atoms in total. The Morgan fingerprint density at radius 1 is 0.475 bits per heavy atom. The smallest absolute Gasteiger partial charge is 0.321 e. The molecule has 0 aliphatic rings. The molecule has 206 valence electrons. The van der Waals surface area contributed by atoms with Gasteiger partial charge in [-0.25, -0.2) is 0 Å². The van der Waals surface area contributed by atoms with E-state index in [1.165, 1.54) is 9.80 Å². The second-order valence-corrected chi connectivity index (χ2v) is 11.3. The average Bonchev–Trinajstić information content (AvgIpc) is 2.90. The van der Waals surface area contributed by atoms with E-state index in [2.05, 4.69) is 0 Å². The van der Waals surface area contributed by atoms with E-state index in [-0.39, 0.29) is 0 Å². The first-order valence-corrected chi connectivity index (χ1v) is 13.3. The van der Waals surface area contributed by atoms with Crippen molar-refractivity contribution < 1.29 is 19.1 Å². The number of benzene rings is 4. The summed E-state index contributed by atoms with van der Waals surface area (Å²) in [6.45, 7) is 11.7. The molecule has 0 aliphatic carbocycles. The Morgan fingerprint density at radius 2 is 0.825 bits per heavy atom. The van der Waals surface area contributed by atoms with Gasteiger partial charge in [0.25, 0.3) is 0 Å². The molecule has 0 heterocycles. The van der Waals surface area contributed by atoms with Crippen molar-refractivity contribution in [1.82, 2.24) is 0 Å². The van der Waals surface area contributed by atoms with Crippen LogP contribution in [0.1, 0.15) is 41.5 Å². The molecule has 0 spiro atoms. The number of nitrogens with zero attached hydrogens (tertiary/aromatic N) is 2. The summed E-state index contributed by atoms with van der Waals surface area (Å²) >= 11 is 0. The van der Waals surface area contributed by atoms with Crippen molar-refractivity contribution in [3.8, 4) is 11.5 Å². The van der Waals surface area contributed by atoms with Crippen molar-refractivity contribution in [1.29, 1.82) is 0 Å². The van der Waals surface area contributed by atoms with Crippen molar-refractivity contribution in [3.63, 3.8) is 0 Å². The van der Waals surface area contributed by atoms with Gasteiger partial charge >= 0.3 is 11.8 Å². The van der Waals surface area contributed by atoms with Gasteiger partial charge in [0, 0.05) is 23.1 Å². The largest absolute Gasteiger partial charge is 0.484 e. The van der Waals surface area contributed by atoms with E-state index in [1.807, 2.05) is 96.1 Å². The van der Waals surface area contributed by atoms with Crippen LogP contribution in [0.3, 0.4) is 0 Å². The molecule has 0 saturated carbocycles. The number of para-hydroxylation sites is 3. The first-order chi connectivity index (χ1) is 18.9. The van der Waals surface area contributed by atoms with Crippen LogP contribution in [0.25, 0.3) is 0 Å². The lowest BCUT2D eigenvalue weighted by Crippen LogP contribution is -2.41. The van der Waals surface area contributed by atoms with Crippen LogP contribution in [0.15, 0.2) is 109 Å². The van der Waals surface area contributed by atoms with Gasteiger partial charge in [0.1, 0.15) is 11.2 Å². The Morgan fingerprint density at radius 3 is 1.20 bits per heavy atom. The molecule has 2 amide bonds. The molecule has 0 aliphatic heterocycles. The van der Waals surface area contributed by atoms with Crippen molar-refractivity contribution in [2.45, 2.75) is 52.7 Å². The SMILES string of the molecule is CC(C)(C)Oc1ccc(N(C(=O)C(=O)N(c2ccccc2)c2ccccc2)c2ccccc2)cc1OC(C)(C)C. The molecular formula is C34H36N2O4. The molecule has 40 heavy (non-hydrogen) atoms. The molecule has 4 aromatic rings. The number of ether oxygens (including phenoxy) is 2. The second-order valence-electron chi connectivity index (χ2n) is 11.3. The summed E-state index contributed by atoms with van der Waals surface area (Å²) in [6, 6.07) is 32.7. The number of carbonyl (C=O) groups excluding carboxylic acids is 2. The number of hydrogen-bond donors (Lipinski definition) is 0. The fourth-order valence-corrected chi connectivity index (χ4v) is 4.15. The van der Waals surface area contributed by atoms with Crippen molar-refractivity contribution in [3.05, 3.63) is 109 Å². The van der Waals surface area contributed by atoms with Gasteiger partial charge in [-0.15, -0.1) is 0 Å². The number of hydrogen-bond acceptors (Lipinski definition) is 4. The van der Waals surface area contributed by atoms with E-state index in [4.69, 9.17) is 9.47 Å². The molecule has 6 heteroatoms. The van der Waals surface area contributed by atoms with Crippen LogP contribution in [0, 0.1) is 0 Å². The summed E-state index contributed by atoms with van der Waals surface area (Å²) in [4.78, 5) is 31.1. The van der Waals surface area contributed by atoms with Gasteiger partial charge in [-0.2, -0.15) is 0 Å². The summed E-state index contributed by atoms with van der Waals surface area (Å²) in [5.41, 5.74) is 1.22. The quantitative estimate of drug-likeness (QED) is 0.234. The highest BCUT2D eigenvalue weighted by Gasteiger charge is 2.32. The van der Waals surface area contributed by atoms with Crippen molar-refractivity contribution in [2.75, 3.05) is 9.80 Å².